The van der Waals surface area contributed by atoms with Gasteiger partial charge >= 0.3 is 0 Å². The van der Waals surface area contributed by atoms with E-state index in [2.05, 4.69) is 27.2 Å². The number of nitrogens with zero attached hydrogens (tertiary/aromatic N) is 2. The molecule has 3 N–H and O–H groups in total. The van der Waals surface area contributed by atoms with Gasteiger partial charge in [0.05, 0.1) is 4.92 Å². The number of hydrogen-bond donors (Lipinski definition) is 3. The molecule has 0 saturated carbocycles. The molecule has 0 aliphatic heterocycles. The van der Waals surface area contributed by atoms with E-state index in [0.29, 0.717) is 18.8 Å². The van der Waals surface area contributed by atoms with Gasteiger partial charge in [0.1, 0.15) is 5.69 Å². The van der Waals surface area contributed by atoms with Gasteiger partial charge in [-0.25, -0.2) is 0 Å². The molecule has 1 aromatic rings. The molecule has 22 heavy (non-hydrogen) atoms. The molecular weight excluding hydrogens is 417 g/mol. The normalized spacial score (nSPS) is 10.5. The number of thioether (sulfide) groups is 1. The van der Waals surface area contributed by atoms with Crippen molar-refractivity contribution >= 4 is 53.1 Å². The average molecular weight is 439 g/mol. The van der Waals surface area contributed by atoms with Crippen molar-refractivity contribution in [3.05, 3.63) is 34.4 Å². The molecule has 0 aliphatic rings. The van der Waals surface area contributed by atoms with Crippen LogP contribution in [0.15, 0.2) is 29.3 Å². The molecule has 0 unspecified atom stereocenters. The Bertz CT molecular complexity index is 487. The van der Waals surface area contributed by atoms with Crippen LogP contribution in [-0.4, -0.2) is 49.6 Å². The number of guanidine groups is 1. The first kappa shape index (κ1) is 20.8. The van der Waals surface area contributed by atoms with Crippen LogP contribution < -0.4 is 16.0 Å². The van der Waals surface area contributed by atoms with Gasteiger partial charge < -0.3 is 16.0 Å². The lowest BCUT2D eigenvalue weighted by molar-refractivity contribution is -0.384. The maximum atomic E-state index is 10.9. The number of rotatable bonds is 8. The van der Waals surface area contributed by atoms with E-state index < -0.39 is 4.92 Å². The molecule has 9 heteroatoms. The predicted molar refractivity (Wildman–Crippen MR) is 105 cm³/mol. The Balaban J connectivity index is 0.00000441. The molecule has 0 saturated heterocycles. The van der Waals surface area contributed by atoms with E-state index in [1.54, 1.807) is 37.0 Å². The van der Waals surface area contributed by atoms with Gasteiger partial charge in [0.15, 0.2) is 5.96 Å². The number of nitro groups is 1. The lowest BCUT2D eigenvalue weighted by atomic mass is 10.2. The molecule has 1 rings (SSSR count). The molecule has 124 valence electrons. The largest absolute Gasteiger partial charge is 0.378 e. The zero-order valence-corrected chi connectivity index (χ0v) is 15.8. The summed E-state index contributed by atoms with van der Waals surface area (Å²) < 4.78 is 0. The molecule has 1 aromatic carbocycles. The van der Waals surface area contributed by atoms with Crippen LogP contribution in [0.5, 0.6) is 0 Å². The Hall–Kier alpha value is -1.23. The lowest BCUT2D eigenvalue weighted by Gasteiger charge is -2.12. The van der Waals surface area contributed by atoms with Gasteiger partial charge in [0.25, 0.3) is 5.69 Å². The maximum Gasteiger partial charge on any atom is 0.292 e. The summed E-state index contributed by atoms with van der Waals surface area (Å²) in [5.74, 6) is 1.74. The first-order chi connectivity index (χ1) is 10.2. The highest BCUT2D eigenvalue weighted by atomic mass is 127. The fourth-order valence-electron chi connectivity index (χ4n) is 1.65. The van der Waals surface area contributed by atoms with Gasteiger partial charge in [-0.15, -0.1) is 24.0 Å². The van der Waals surface area contributed by atoms with Crippen LogP contribution in [-0.2, 0) is 0 Å². The van der Waals surface area contributed by atoms with Gasteiger partial charge in [-0.05, 0) is 12.3 Å². The third-order valence-electron chi connectivity index (χ3n) is 2.66. The summed E-state index contributed by atoms with van der Waals surface area (Å²) in [6.45, 7) is 2.03. The predicted octanol–water partition coefficient (Wildman–Crippen LogP) is 2.15. The second-order valence-corrected chi connectivity index (χ2v) is 5.11. The molecule has 0 bridgehead atoms. The lowest BCUT2D eigenvalue weighted by Crippen LogP contribution is -2.40. The first-order valence-corrected chi connectivity index (χ1v) is 7.99. The van der Waals surface area contributed by atoms with Crippen molar-refractivity contribution in [1.82, 2.24) is 10.6 Å². The summed E-state index contributed by atoms with van der Waals surface area (Å²) in [6.07, 6.45) is 2.05. The monoisotopic (exact) mass is 439 g/mol. The van der Waals surface area contributed by atoms with E-state index in [0.717, 1.165) is 18.3 Å². The summed E-state index contributed by atoms with van der Waals surface area (Å²) in [7, 11) is 1.71. The van der Waals surface area contributed by atoms with Crippen molar-refractivity contribution in [3.63, 3.8) is 0 Å². The maximum absolute atomic E-state index is 10.9. The van der Waals surface area contributed by atoms with Crippen molar-refractivity contribution in [2.24, 2.45) is 4.99 Å². The number of aliphatic imine (C=N–C) groups is 1. The smallest absolute Gasteiger partial charge is 0.292 e. The van der Waals surface area contributed by atoms with Crippen molar-refractivity contribution in [2.45, 2.75) is 0 Å². The Kier molecular flexibility index (Phi) is 11.6. The third kappa shape index (κ3) is 7.69. The molecule has 0 radical (unpaired) electrons. The Morgan fingerprint density at radius 3 is 2.59 bits per heavy atom. The highest BCUT2D eigenvalue weighted by Crippen LogP contribution is 2.22. The second kappa shape index (κ2) is 12.3. The highest BCUT2D eigenvalue weighted by molar-refractivity contribution is 14.0. The minimum absolute atomic E-state index is 0. The van der Waals surface area contributed by atoms with Crippen molar-refractivity contribution in [2.75, 3.05) is 44.0 Å². The fraction of sp³-hybridized carbons (Fsp3) is 0.462. The zero-order chi connectivity index (χ0) is 15.5. The number of para-hydroxylation sites is 2. The number of nitrogens with one attached hydrogen (secondary N) is 3. The van der Waals surface area contributed by atoms with Gasteiger partial charge in [-0.1, -0.05) is 12.1 Å². The summed E-state index contributed by atoms with van der Waals surface area (Å²) in [5, 5.41) is 20.2. The van der Waals surface area contributed by atoms with Gasteiger partial charge in [-0.2, -0.15) is 11.8 Å². The third-order valence-corrected chi connectivity index (χ3v) is 3.27. The van der Waals surface area contributed by atoms with E-state index in [1.165, 1.54) is 6.07 Å². The molecule has 0 aliphatic carbocycles. The quantitative estimate of drug-likeness (QED) is 0.144. The molecular formula is C13H22IN5O2S. The SMILES string of the molecule is CN=C(NCCNc1ccccc1[N+](=O)[O-])NCCSC.I. The Morgan fingerprint density at radius 2 is 1.95 bits per heavy atom. The summed E-state index contributed by atoms with van der Waals surface area (Å²) >= 11 is 1.76. The van der Waals surface area contributed by atoms with Crippen LogP contribution in [0.2, 0.25) is 0 Å². The van der Waals surface area contributed by atoms with Crippen molar-refractivity contribution in [3.8, 4) is 0 Å². The van der Waals surface area contributed by atoms with Crippen LogP contribution in [0.4, 0.5) is 11.4 Å². The summed E-state index contributed by atoms with van der Waals surface area (Å²) in [6, 6.07) is 6.60. The van der Waals surface area contributed by atoms with Gasteiger partial charge in [0, 0.05) is 38.5 Å². The number of nitro benzene ring substituents is 1. The Morgan fingerprint density at radius 1 is 1.27 bits per heavy atom. The molecule has 0 fully saturated rings. The second-order valence-electron chi connectivity index (χ2n) is 4.12. The van der Waals surface area contributed by atoms with Gasteiger partial charge in [0.2, 0.25) is 0 Å². The highest BCUT2D eigenvalue weighted by Gasteiger charge is 2.11. The topological polar surface area (TPSA) is 91.6 Å². The molecule has 7 nitrogen and oxygen atoms in total. The number of hydrogen-bond acceptors (Lipinski definition) is 5. The molecule has 0 atom stereocenters. The first-order valence-electron chi connectivity index (χ1n) is 6.59. The number of benzene rings is 1. The van der Waals surface area contributed by atoms with Crippen LogP contribution in [0.3, 0.4) is 0 Å². The fourth-order valence-corrected chi connectivity index (χ4v) is 1.96. The van der Waals surface area contributed by atoms with Crippen LogP contribution >= 0.6 is 35.7 Å². The van der Waals surface area contributed by atoms with E-state index >= 15 is 0 Å². The minimum Gasteiger partial charge on any atom is -0.378 e. The van der Waals surface area contributed by atoms with E-state index in [1.807, 2.05) is 0 Å². The summed E-state index contributed by atoms with van der Waals surface area (Å²) in [5.41, 5.74) is 0.606. The molecule has 0 heterocycles. The molecule has 0 aromatic heterocycles. The summed E-state index contributed by atoms with van der Waals surface area (Å²) in [4.78, 5) is 14.6. The Labute approximate surface area is 151 Å². The van der Waals surface area contributed by atoms with E-state index in [9.17, 15) is 10.1 Å². The van der Waals surface area contributed by atoms with Crippen LogP contribution in [0, 0.1) is 10.1 Å². The van der Waals surface area contributed by atoms with Crippen LogP contribution in [0.1, 0.15) is 0 Å². The standard InChI is InChI=1S/C13H21N5O2S.HI/c1-14-13(17-9-10-21-2)16-8-7-15-11-5-3-4-6-12(11)18(19)20;/h3-6,15H,7-10H2,1-2H3,(H2,14,16,17);1H. The minimum atomic E-state index is -0.390. The van der Waals surface area contributed by atoms with Gasteiger partial charge in [-0.3, -0.25) is 15.1 Å². The number of halogens is 1. The average Bonchev–Trinajstić information content (AvgIpc) is 2.50. The van der Waals surface area contributed by atoms with Crippen LogP contribution in [0.25, 0.3) is 0 Å². The number of anilines is 1. The van der Waals surface area contributed by atoms with Crippen molar-refractivity contribution < 1.29 is 4.92 Å². The zero-order valence-electron chi connectivity index (χ0n) is 12.7. The van der Waals surface area contributed by atoms with E-state index in [-0.39, 0.29) is 29.7 Å². The molecule has 0 amide bonds. The van der Waals surface area contributed by atoms with E-state index in [4.69, 9.17) is 0 Å². The molecule has 0 spiro atoms. The van der Waals surface area contributed by atoms with Crippen molar-refractivity contribution in [1.29, 1.82) is 0 Å².